The van der Waals surface area contributed by atoms with Gasteiger partial charge in [0.05, 0.1) is 11.4 Å². The minimum absolute atomic E-state index is 0.0885. The molecule has 3 nitrogen and oxygen atoms in total. The fraction of sp³-hybridized carbons (Fsp3) is 0.273. The molecule has 1 aliphatic carbocycles. The summed E-state index contributed by atoms with van der Waals surface area (Å²) < 4.78 is 0. The molecule has 2 aromatic rings. The molecule has 0 saturated carbocycles. The van der Waals surface area contributed by atoms with E-state index in [2.05, 4.69) is 118 Å². The second kappa shape index (κ2) is 16.7. The van der Waals surface area contributed by atoms with E-state index in [0.717, 1.165) is 77.9 Å². The normalized spacial score (nSPS) is 18.1. The first-order valence-corrected chi connectivity index (χ1v) is 17.0. The van der Waals surface area contributed by atoms with E-state index in [1.165, 1.54) is 22.3 Å². The molecule has 0 amide bonds. The van der Waals surface area contributed by atoms with Crippen molar-refractivity contribution in [2.45, 2.75) is 72.1 Å². The summed E-state index contributed by atoms with van der Waals surface area (Å²) in [5.74, 6) is 0. The number of allylic oxidation sites excluding steroid dienone is 14. The van der Waals surface area contributed by atoms with Crippen LogP contribution in [0.15, 0.2) is 138 Å². The Labute approximate surface area is 283 Å². The van der Waals surface area contributed by atoms with Gasteiger partial charge in [-0.3, -0.25) is 4.99 Å². The van der Waals surface area contributed by atoms with Crippen molar-refractivity contribution in [3.63, 3.8) is 0 Å². The summed E-state index contributed by atoms with van der Waals surface area (Å²) in [6.07, 6.45) is 31.7. The molecule has 3 heteroatoms. The Morgan fingerprint density at radius 3 is 2.40 bits per heavy atom. The Hall–Kier alpha value is -4.76. The third-order valence-corrected chi connectivity index (χ3v) is 9.10. The summed E-state index contributed by atoms with van der Waals surface area (Å²) in [7, 11) is 0. The number of aliphatic imine (C=N–C) groups is 1. The maximum atomic E-state index is 8.65. The Kier molecular flexibility index (Phi) is 12.5. The standard InChI is InChI=1S/C44H51N3/c1-7-11-17-32(5)29-42(46)36-23-26-39-38-25-21-34(30-40(38)44(9-3,10-4)41(39)31-36)20-24-37(45)28-33(6)19-22-35(8-2)43-18-15-13-12-14-16-27-47-43/h8,11-12,14-15,17-26,28-31,45H,5,7,9-10,13,16,27,46H2,1-4,6H3/b14-12-,17-11-,18-15-,22-19-,24-20+,33-28+,35-8+,42-29-,45-37?,47-43?. The summed E-state index contributed by atoms with van der Waals surface area (Å²) in [6.45, 7) is 15.7. The lowest BCUT2D eigenvalue weighted by molar-refractivity contribution is 0.490. The smallest absolute Gasteiger partial charge is 0.0640 e. The van der Waals surface area contributed by atoms with Crippen LogP contribution >= 0.6 is 0 Å². The second-order valence-corrected chi connectivity index (χ2v) is 12.3. The first kappa shape index (κ1) is 35.1. The molecule has 0 atom stereocenters. The third kappa shape index (κ3) is 8.54. The number of rotatable bonds is 12. The van der Waals surface area contributed by atoms with Crippen molar-refractivity contribution in [2.24, 2.45) is 10.7 Å². The predicted octanol–water partition coefficient (Wildman–Crippen LogP) is 11.4. The molecule has 0 radical (unpaired) electrons. The highest BCUT2D eigenvalue weighted by atomic mass is 14.7. The Morgan fingerprint density at radius 2 is 1.68 bits per heavy atom. The van der Waals surface area contributed by atoms with E-state index in [-0.39, 0.29) is 5.41 Å². The van der Waals surface area contributed by atoms with Crippen molar-refractivity contribution in [3.8, 4) is 11.1 Å². The van der Waals surface area contributed by atoms with Crippen LogP contribution in [0.3, 0.4) is 0 Å². The molecule has 0 saturated heterocycles. The molecule has 0 fully saturated rings. The van der Waals surface area contributed by atoms with E-state index in [4.69, 9.17) is 16.1 Å². The molecule has 0 unspecified atom stereocenters. The lowest BCUT2D eigenvalue weighted by Crippen LogP contribution is -2.23. The van der Waals surface area contributed by atoms with Gasteiger partial charge in [0, 0.05) is 17.7 Å². The van der Waals surface area contributed by atoms with Gasteiger partial charge in [-0.25, -0.2) is 0 Å². The molecular formula is C44H51N3. The van der Waals surface area contributed by atoms with Crippen LogP contribution in [0, 0.1) is 5.41 Å². The Morgan fingerprint density at radius 1 is 0.936 bits per heavy atom. The Bertz CT molecular complexity index is 1760. The first-order valence-electron chi connectivity index (χ1n) is 17.0. The summed E-state index contributed by atoms with van der Waals surface area (Å²) in [5.41, 5.74) is 19.1. The lowest BCUT2D eigenvalue weighted by atomic mass is 9.73. The highest BCUT2D eigenvalue weighted by Crippen LogP contribution is 2.53. The minimum atomic E-state index is -0.0885. The van der Waals surface area contributed by atoms with Crippen molar-refractivity contribution in [1.29, 1.82) is 5.41 Å². The monoisotopic (exact) mass is 621 g/mol. The number of hydrogen-bond acceptors (Lipinski definition) is 3. The third-order valence-electron chi connectivity index (χ3n) is 9.10. The number of benzene rings is 2. The minimum Gasteiger partial charge on any atom is -0.398 e. The molecule has 1 aliphatic heterocycles. The maximum absolute atomic E-state index is 8.65. The molecule has 0 aromatic heterocycles. The highest BCUT2D eigenvalue weighted by Gasteiger charge is 2.40. The van der Waals surface area contributed by atoms with Gasteiger partial charge in [-0.1, -0.05) is 112 Å². The zero-order valence-electron chi connectivity index (χ0n) is 28.9. The van der Waals surface area contributed by atoms with Crippen LogP contribution in [-0.4, -0.2) is 18.0 Å². The molecule has 4 rings (SSSR count). The van der Waals surface area contributed by atoms with Gasteiger partial charge < -0.3 is 11.1 Å². The van der Waals surface area contributed by atoms with Crippen molar-refractivity contribution < 1.29 is 0 Å². The molecule has 3 N–H and O–H groups in total. The van der Waals surface area contributed by atoms with Gasteiger partial charge in [-0.15, -0.1) is 0 Å². The van der Waals surface area contributed by atoms with Gasteiger partial charge in [0.1, 0.15) is 0 Å². The molecule has 2 aromatic carbocycles. The lowest BCUT2D eigenvalue weighted by Gasteiger charge is -2.30. The van der Waals surface area contributed by atoms with Crippen LogP contribution in [0.1, 0.15) is 89.0 Å². The predicted molar refractivity (Wildman–Crippen MR) is 207 cm³/mol. The average Bonchev–Trinajstić information content (AvgIpc) is 3.42. The number of nitrogens with one attached hydrogen (secondary N) is 1. The fourth-order valence-electron chi connectivity index (χ4n) is 6.46. The van der Waals surface area contributed by atoms with Crippen LogP contribution in [0.4, 0.5) is 0 Å². The van der Waals surface area contributed by atoms with E-state index in [0.29, 0.717) is 5.71 Å². The zero-order valence-corrected chi connectivity index (χ0v) is 28.9. The highest BCUT2D eigenvalue weighted by molar-refractivity contribution is 6.10. The maximum Gasteiger partial charge on any atom is 0.0640 e. The van der Waals surface area contributed by atoms with Crippen LogP contribution in [0.25, 0.3) is 22.9 Å². The molecule has 47 heavy (non-hydrogen) atoms. The van der Waals surface area contributed by atoms with Gasteiger partial charge >= 0.3 is 0 Å². The van der Waals surface area contributed by atoms with Crippen molar-refractivity contribution in [1.82, 2.24) is 0 Å². The van der Waals surface area contributed by atoms with Gasteiger partial charge in [0.15, 0.2) is 0 Å². The average molecular weight is 622 g/mol. The fourth-order valence-corrected chi connectivity index (χ4v) is 6.46. The van der Waals surface area contributed by atoms with Crippen molar-refractivity contribution >= 4 is 23.2 Å². The van der Waals surface area contributed by atoms with E-state index in [1.807, 2.05) is 38.2 Å². The molecule has 0 bridgehead atoms. The SMILES string of the molecule is C=C(/C=C\CC)/C=C(\N)c1ccc2c(c1)C(CC)(CC)c1cc(/C=C/C(=N)/C=C(C)/C=C\C(=C/C)C3=NCC/C=C\C/C=C\3)ccc1-2. The zero-order chi connectivity index (χ0) is 33.8. The quantitative estimate of drug-likeness (QED) is 0.138. The van der Waals surface area contributed by atoms with Gasteiger partial charge in [0.2, 0.25) is 0 Å². The molecular weight excluding hydrogens is 571 g/mol. The van der Waals surface area contributed by atoms with Crippen molar-refractivity contribution in [3.05, 3.63) is 155 Å². The largest absolute Gasteiger partial charge is 0.398 e. The summed E-state index contributed by atoms with van der Waals surface area (Å²) >= 11 is 0. The topological polar surface area (TPSA) is 62.2 Å². The summed E-state index contributed by atoms with van der Waals surface area (Å²) in [4.78, 5) is 4.78. The number of fused-ring (bicyclic) bond motifs is 3. The van der Waals surface area contributed by atoms with Crippen molar-refractivity contribution in [2.75, 3.05) is 6.54 Å². The molecule has 0 spiro atoms. The van der Waals surface area contributed by atoms with E-state index >= 15 is 0 Å². The first-order chi connectivity index (χ1) is 22.8. The van der Waals surface area contributed by atoms with E-state index in [9.17, 15) is 0 Å². The number of hydrogen-bond donors (Lipinski definition) is 2. The van der Waals surface area contributed by atoms with Crippen LogP contribution in [0.5, 0.6) is 0 Å². The summed E-state index contributed by atoms with van der Waals surface area (Å²) in [6, 6.07) is 13.4. The van der Waals surface area contributed by atoms with E-state index in [1.54, 1.807) is 0 Å². The van der Waals surface area contributed by atoms with Crippen LogP contribution in [0.2, 0.25) is 0 Å². The van der Waals surface area contributed by atoms with Gasteiger partial charge in [-0.2, -0.15) is 0 Å². The molecule has 1 heterocycles. The van der Waals surface area contributed by atoms with E-state index < -0.39 is 0 Å². The van der Waals surface area contributed by atoms with Gasteiger partial charge in [-0.05, 0) is 126 Å². The molecule has 242 valence electrons. The van der Waals surface area contributed by atoms with Crippen LogP contribution in [-0.2, 0) is 5.41 Å². The number of nitrogens with two attached hydrogens (primary N) is 1. The second-order valence-electron chi connectivity index (χ2n) is 12.3. The van der Waals surface area contributed by atoms with Crippen LogP contribution < -0.4 is 5.73 Å². The molecule has 2 aliphatic rings. The Balaban J connectivity index is 1.54. The summed E-state index contributed by atoms with van der Waals surface area (Å²) in [5, 5.41) is 8.65. The van der Waals surface area contributed by atoms with Gasteiger partial charge in [0.25, 0.3) is 0 Å². The number of nitrogens with zero attached hydrogens (tertiary/aromatic N) is 1.